The molecule has 1 fully saturated rings. The van der Waals surface area contributed by atoms with Gasteiger partial charge >= 0.3 is 0 Å². The molecular formula is C17H16O. The Labute approximate surface area is 107 Å². The highest BCUT2D eigenvalue weighted by atomic mass is 16.1. The van der Waals surface area contributed by atoms with Gasteiger partial charge in [-0.15, -0.1) is 0 Å². The van der Waals surface area contributed by atoms with Gasteiger partial charge in [-0.1, -0.05) is 60.7 Å². The summed E-state index contributed by atoms with van der Waals surface area (Å²) >= 11 is 0. The molecule has 2 aromatic carbocycles. The van der Waals surface area contributed by atoms with Crippen molar-refractivity contribution in [1.29, 1.82) is 0 Å². The molecule has 0 bridgehead atoms. The summed E-state index contributed by atoms with van der Waals surface area (Å²) in [5, 5.41) is 0. The number of hydrogen-bond donors (Lipinski definition) is 0. The first-order chi connectivity index (χ1) is 8.81. The molecule has 2 aromatic rings. The summed E-state index contributed by atoms with van der Waals surface area (Å²) < 4.78 is 0. The minimum absolute atomic E-state index is 0.261. The van der Waals surface area contributed by atoms with Gasteiger partial charge in [-0.2, -0.15) is 0 Å². The van der Waals surface area contributed by atoms with Crippen molar-refractivity contribution in [2.24, 2.45) is 0 Å². The van der Waals surface area contributed by atoms with Gasteiger partial charge in [0.1, 0.15) is 5.78 Å². The topological polar surface area (TPSA) is 17.1 Å². The Balaban J connectivity index is 1.96. The summed E-state index contributed by atoms with van der Waals surface area (Å²) in [6, 6.07) is 20.5. The molecule has 90 valence electrons. The van der Waals surface area contributed by atoms with Crippen molar-refractivity contribution in [3.63, 3.8) is 0 Å². The fraction of sp³-hybridized carbons (Fsp3) is 0.235. The first kappa shape index (κ1) is 11.2. The molecule has 0 spiro atoms. The summed E-state index contributed by atoms with van der Waals surface area (Å²) in [7, 11) is 0. The third-order valence-corrected chi connectivity index (χ3v) is 3.99. The van der Waals surface area contributed by atoms with E-state index in [1.54, 1.807) is 0 Å². The van der Waals surface area contributed by atoms with Gasteiger partial charge in [0.2, 0.25) is 0 Å². The first-order valence-corrected chi connectivity index (χ1v) is 6.44. The van der Waals surface area contributed by atoms with Gasteiger partial charge in [-0.3, -0.25) is 4.79 Å². The van der Waals surface area contributed by atoms with E-state index < -0.39 is 0 Å². The summed E-state index contributed by atoms with van der Waals surface area (Å²) in [4.78, 5) is 12.2. The zero-order chi connectivity index (χ0) is 12.4. The van der Waals surface area contributed by atoms with Crippen LogP contribution in [-0.4, -0.2) is 5.78 Å². The molecule has 0 radical (unpaired) electrons. The largest absolute Gasteiger partial charge is 0.299 e. The van der Waals surface area contributed by atoms with E-state index in [-0.39, 0.29) is 5.41 Å². The summed E-state index contributed by atoms with van der Waals surface area (Å²) in [6.45, 7) is 0. The summed E-state index contributed by atoms with van der Waals surface area (Å²) in [5.74, 6) is 0.387. The van der Waals surface area contributed by atoms with Crippen molar-refractivity contribution in [2.75, 3.05) is 0 Å². The molecule has 1 aliphatic carbocycles. The zero-order valence-electron chi connectivity index (χ0n) is 10.3. The number of hydrogen-bond acceptors (Lipinski definition) is 1. The molecule has 0 aliphatic heterocycles. The Morgan fingerprint density at radius 2 is 1.50 bits per heavy atom. The second-order valence-corrected chi connectivity index (χ2v) is 5.03. The van der Waals surface area contributed by atoms with Gasteiger partial charge in [0.05, 0.1) is 5.41 Å². The molecule has 1 heteroatoms. The average molecular weight is 236 g/mol. The van der Waals surface area contributed by atoms with Crippen LogP contribution in [0.25, 0.3) is 0 Å². The monoisotopic (exact) mass is 236 g/mol. The maximum atomic E-state index is 12.2. The Morgan fingerprint density at radius 3 is 2.00 bits per heavy atom. The van der Waals surface area contributed by atoms with Crippen LogP contribution in [0.5, 0.6) is 0 Å². The van der Waals surface area contributed by atoms with Gasteiger partial charge in [0.15, 0.2) is 0 Å². The van der Waals surface area contributed by atoms with Crippen molar-refractivity contribution in [2.45, 2.75) is 24.7 Å². The smallest absolute Gasteiger partial charge is 0.143 e. The lowest BCUT2D eigenvalue weighted by Gasteiger charge is -2.40. The third kappa shape index (κ3) is 1.76. The van der Waals surface area contributed by atoms with Crippen LogP contribution in [-0.2, 0) is 16.6 Å². The standard InChI is InChI=1S/C17H16O/c18-16-11-12-17(16,15-9-5-2-6-10-15)13-14-7-3-1-4-8-14/h1-10H,11-13H2. The van der Waals surface area contributed by atoms with Crippen LogP contribution in [0, 0.1) is 0 Å². The predicted octanol–water partition coefficient (Wildman–Crippen LogP) is 3.53. The van der Waals surface area contributed by atoms with E-state index in [9.17, 15) is 4.79 Å². The lowest BCUT2D eigenvalue weighted by Crippen LogP contribution is -2.46. The van der Waals surface area contributed by atoms with Gasteiger partial charge in [-0.05, 0) is 24.0 Å². The first-order valence-electron chi connectivity index (χ1n) is 6.44. The Hall–Kier alpha value is -1.89. The Kier molecular flexibility index (Phi) is 2.75. The van der Waals surface area contributed by atoms with Gasteiger partial charge in [0.25, 0.3) is 0 Å². The number of rotatable bonds is 3. The minimum atomic E-state index is -0.261. The highest BCUT2D eigenvalue weighted by Crippen LogP contribution is 2.43. The second kappa shape index (κ2) is 4.41. The third-order valence-electron chi connectivity index (χ3n) is 3.99. The number of ketones is 1. The number of Topliss-reactive ketones (excluding diaryl/α,β-unsaturated/α-hetero) is 1. The summed E-state index contributed by atoms with van der Waals surface area (Å²) in [6.07, 6.45) is 2.53. The molecule has 0 aromatic heterocycles. The highest BCUT2D eigenvalue weighted by molar-refractivity contribution is 5.96. The van der Waals surface area contributed by atoms with Crippen LogP contribution in [0.2, 0.25) is 0 Å². The van der Waals surface area contributed by atoms with Gasteiger partial charge in [0, 0.05) is 6.42 Å². The molecule has 1 saturated carbocycles. The molecule has 0 amide bonds. The van der Waals surface area contributed by atoms with Crippen molar-refractivity contribution >= 4 is 5.78 Å². The summed E-state index contributed by atoms with van der Waals surface area (Å²) in [5.41, 5.74) is 2.15. The zero-order valence-corrected chi connectivity index (χ0v) is 10.3. The number of carbonyl (C=O) groups excluding carboxylic acids is 1. The van der Waals surface area contributed by atoms with Crippen LogP contribution >= 0.6 is 0 Å². The van der Waals surface area contributed by atoms with Crippen LogP contribution in [0.1, 0.15) is 24.0 Å². The van der Waals surface area contributed by atoms with Crippen LogP contribution < -0.4 is 0 Å². The molecule has 0 N–H and O–H groups in total. The van der Waals surface area contributed by atoms with Crippen molar-refractivity contribution in [3.05, 3.63) is 71.8 Å². The van der Waals surface area contributed by atoms with E-state index in [4.69, 9.17) is 0 Å². The average Bonchev–Trinajstić information content (AvgIpc) is 2.45. The van der Waals surface area contributed by atoms with Crippen molar-refractivity contribution in [3.8, 4) is 0 Å². The molecule has 1 atom stereocenters. The quantitative estimate of drug-likeness (QED) is 0.796. The predicted molar refractivity (Wildman–Crippen MR) is 72.5 cm³/mol. The fourth-order valence-corrected chi connectivity index (χ4v) is 2.82. The second-order valence-electron chi connectivity index (χ2n) is 5.03. The van der Waals surface area contributed by atoms with Gasteiger partial charge in [-0.25, -0.2) is 0 Å². The molecule has 1 aliphatic rings. The van der Waals surface area contributed by atoms with E-state index in [0.717, 1.165) is 19.3 Å². The lowest BCUT2D eigenvalue weighted by molar-refractivity contribution is -0.131. The Bertz CT molecular complexity index is 544. The molecule has 0 saturated heterocycles. The maximum Gasteiger partial charge on any atom is 0.143 e. The number of carbonyl (C=O) groups is 1. The maximum absolute atomic E-state index is 12.2. The van der Waals surface area contributed by atoms with Gasteiger partial charge < -0.3 is 0 Å². The highest BCUT2D eigenvalue weighted by Gasteiger charge is 2.46. The minimum Gasteiger partial charge on any atom is -0.299 e. The van der Waals surface area contributed by atoms with E-state index in [0.29, 0.717) is 5.78 Å². The van der Waals surface area contributed by atoms with Crippen molar-refractivity contribution < 1.29 is 4.79 Å². The van der Waals surface area contributed by atoms with Crippen molar-refractivity contribution in [1.82, 2.24) is 0 Å². The molecular weight excluding hydrogens is 220 g/mol. The van der Waals surface area contributed by atoms with E-state index in [1.165, 1.54) is 11.1 Å². The lowest BCUT2D eigenvalue weighted by atomic mass is 9.60. The Morgan fingerprint density at radius 1 is 0.889 bits per heavy atom. The fourth-order valence-electron chi connectivity index (χ4n) is 2.82. The van der Waals surface area contributed by atoms with Crippen LogP contribution in [0.3, 0.4) is 0 Å². The molecule has 1 unspecified atom stereocenters. The molecule has 3 rings (SSSR count). The van der Waals surface area contributed by atoms with Crippen LogP contribution in [0.15, 0.2) is 60.7 Å². The molecule has 18 heavy (non-hydrogen) atoms. The SMILES string of the molecule is O=C1CCC1(Cc1ccccc1)c1ccccc1. The molecule has 1 nitrogen and oxygen atoms in total. The normalized spacial score (nSPS) is 22.6. The number of benzene rings is 2. The van der Waals surface area contributed by atoms with E-state index >= 15 is 0 Å². The molecule has 0 heterocycles. The van der Waals surface area contributed by atoms with E-state index in [1.807, 2.05) is 36.4 Å². The van der Waals surface area contributed by atoms with E-state index in [2.05, 4.69) is 24.3 Å². The van der Waals surface area contributed by atoms with Crippen LogP contribution in [0.4, 0.5) is 0 Å².